The molecule has 130 valence electrons. The molecule has 0 amide bonds. The molecule has 0 spiro atoms. The molecule has 0 saturated carbocycles. The van der Waals surface area contributed by atoms with E-state index in [9.17, 15) is 4.79 Å². The molecule has 6 heteroatoms. The van der Waals surface area contributed by atoms with Gasteiger partial charge >= 0.3 is 8.80 Å². The molecule has 1 saturated heterocycles. The van der Waals surface area contributed by atoms with Crippen LogP contribution in [0.15, 0.2) is 0 Å². The second-order valence-electron chi connectivity index (χ2n) is 5.77. The van der Waals surface area contributed by atoms with Gasteiger partial charge in [-0.25, -0.2) is 0 Å². The van der Waals surface area contributed by atoms with E-state index in [2.05, 4.69) is 11.8 Å². The zero-order valence-electron chi connectivity index (χ0n) is 14.9. The Morgan fingerprint density at radius 2 is 1.68 bits per heavy atom. The van der Waals surface area contributed by atoms with Crippen LogP contribution in [0.5, 0.6) is 0 Å². The molecule has 1 aliphatic heterocycles. The molecular formula is C16H33NO4Si. The van der Waals surface area contributed by atoms with Gasteiger partial charge in [0.15, 0.2) is 0 Å². The van der Waals surface area contributed by atoms with Crippen LogP contribution >= 0.6 is 0 Å². The van der Waals surface area contributed by atoms with Crippen molar-refractivity contribution >= 4 is 14.6 Å². The Morgan fingerprint density at radius 1 is 1.14 bits per heavy atom. The lowest BCUT2D eigenvalue weighted by molar-refractivity contribution is -0.122. The van der Waals surface area contributed by atoms with Gasteiger partial charge in [-0.2, -0.15) is 0 Å². The average molecular weight is 332 g/mol. The van der Waals surface area contributed by atoms with Crippen molar-refractivity contribution in [3.05, 3.63) is 0 Å². The quantitative estimate of drug-likeness (QED) is 0.576. The molecule has 0 bridgehead atoms. The van der Waals surface area contributed by atoms with Gasteiger partial charge in [0.25, 0.3) is 0 Å². The fourth-order valence-electron chi connectivity index (χ4n) is 3.37. The maximum Gasteiger partial charge on any atom is 0.519 e. The first-order valence-electron chi connectivity index (χ1n) is 8.70. The van der Waals surface area contributed by atoms with Crippen LogP contribution in [0.2, 0.25) is 0 Å². The van der Waals surface area contributed by atoms with E-state index in [1.165, 1.54) is 0 Å². The zero-order valence-corrected chi connectivity index (χ0v) is 15.9. The van der Waals surface area contributed by atoms with E-state index in [0.717, 1.165) is 32.4 Å². The molecular weight excluding hydrogens is 298 g/mol. The fourth-order valence-corrected chi connectivity index (χ4v) is 6.59. The molecule has 0 aliphatic carbocycles. The molecule has 0 N–H and O–H groups in total. The molecule has 22 heavy (non-hydrogen) atoms. The predicted octanol–water partition coefficient (Wildman–Crippen LogP) is 2.65. The van der Waals surface area contributed by atoms with Crippen molar-refractivity contribution in [3.63, 3.8) is 0 Å². The lowest BCUT2D eigenvalue weighted by atomic mass is 9.94. The Morgan fingerprint density at radius 3 is 2.09 bits per heavy atom. The minimum Gasteiger partial charge on any atom is -0.373 e. The second kappa shape index (κ2) is 9.77. The van der Waals surface area contributed by atoms with Gasteiger partial charge in [-0.05, 0) is 53.5 Å². The van der Waals surface area contributed by atoms with E-state index >= 15 is 0 Å². The van der Waals surface area contributed by atoms with Gasteiger partial charge in [0, 0.05) is 32.3 Å². The summed E-state index contributed by atoms with van der Waals surface area (Å²) >= 11 is 0. The molecule has 1 heterocycles. The monoisotopic (exact) mass is 331 g/mol. The van der Waals surface area contributed by atoms with Crippen molar-refractivity contribution in [2.75, 3.05) is 32.9 Å². The van der Waals surface area contributed by atoms with Gasteiger partial charge in [0.05, 0.1) is 5.67 Å². The van der Waals surface area contributed by atoms with E-state index in [1.807, 2.05) is 20.8 Å². The van der Waals surface area contributed by atoms with Crippen LogP contribution in [0.25, 0.3) is 0 Å². The number of ketones is 1. The largest absolute Gasteiger partial charge is 0.519 e. The molecule has 5 nitrogen and oxygen atoms in total. The van der Waals surface area contributed by atoms with Crippen molar-refractivity contribution in [2.24, 2.45) is 5.92 Å². The highest BCUT2D eigenvalue weighted by molar-refractivity contribution is 6.62. The standard InChI is InChI=1S/C16H33NO4Si/c1-6-16(17-12-10-11-15(13-17)14(5)18)22(19-7-2,20-8-3)21-9-4/h15-16H,6-13H2,1-5H3. The minimum absolute atomic E-state index is 0.134. The van der Waals surface area contributed by atoms with Crippen molar-refractivity contribution in [2.45, 2.75) is 59.5 Å². The van der Waals surface area contributed by atoms with E-state index in [1.54, 1.807) is 6.92 Å². The third-order valence-electron chi connectivity index (χ3n) is 4.30. The average Bonchev–Trinajstić information content (AvgIpc) is 2.49. The van der Waals surface area contributed by atoms with Crippen LogP contribution in [-0.2, 0) is 18.1 Å². The number of piperidine rings is 1. The van der Waals surface area contributed by atoms with Crippen LogP contribution in [0.4, 0.5) is 0 Å². The van der Waals surface area contributed by atoms with E-state index in [4.69, 9.17) is 13.3 Å². The first-order chi connectivity index (χ1) is 10.5. The molecule has 0 aromatic carbocycles. The molecule has 1 aliphatic rings. The van der Waals surface area contributed by atoms with Crippen LogP contribution < -0.4 is 0 Å². The summed E-state index contributed by atoms with van der Waals surface area (Å²) in [7, 11) is -2.76. The summed E-state index contributed by atoms with van der Waals surface area (Å²) in [6.07, 6.45) is 2.96. The normalized spacial score (nSPS) is 21.8. The molecule has 2 unspecified atom stereocenters. The Hall–Kier alpha value is -0.273. The highest BCUT2D eigenvalue weighted by Gasteiger charge is 2.51. The van der Waals surface area contributed by atoms with Gasteiger partial charge in [0.1, 0.15) is 5.78 Å². The van der Waals surface area contributed by atoms with E-state index in [0.29, 0.717) is 19.8 Å². The number of likely N-dealkylation sites (tertiary alicyclic amines) is 1. The minimum atomic E-state index is -2.76. The number of hydrogen-bond acceptors (Lipinski definition) is 5. The van der Waals surface area contributed by atoms with Gasteiger partial charge in [-0.3, -0.25) is 9.69 Å². The summed E-state index contributed by atoms with van der Waals surface area (Å²) in [6.45, 7) is 13.4. The van der Waals surface area contributed by atoms with Crippen molar-refractivity contribution in [1.29, 1.82) is 0 Å². The lowest BCUT2D eigenvalue weighted by Crippen LogP contribution is -2.64. The molecule has 0 aromatic rings. The lowest BCUT2D eigenvalue weighted by Gasteiger charge is -2.43. The van der Waals surface area contributed by atoms with Crippen molar-refractivity contribution in [1.82, 2.24) is 4.90 Å². The van der Waals surface area contributed by atoms with Crippen LogP contribution in [0.1, 0.15) is 53.9 Å². The summed E-state index contributed by atoms with van der Waals surface area (Å²) < 4.78 is 18.2. The fraction of sp³-hybridized carbons (Fsp3) is 0.938. The first-order valence-corrected chi connectivity index (χ1v) is 10.5. The van der Waals surface area contributed by atoms with E-state index in [-0.39, 0.29) is 17.4 Å². The molecule has 0 aromatic heterocycles. The summed E-state index contributed by atoms with van der Waals surface area (Å²) in [4.78, 5) is 14.2. The second-order valence-corrected chi connectivity index (χ2v) is 8.51. The van der Waals surface area contributed by atoms with Crippen molar-refractivity contribution in [3.8, 4) is 0 Å². The molecule has 1 rings (SSSR count). The maximum atomic E-state index is 11.8. The summed E-state index contributed by atoms with van der Waals surface area (Å²) in [5.74, 6) is 0.426. The number of hydrogen-bond donors (Lipinski definition) is 0. The van der Waals surface area contributed by atoms with Crippen LogP contribution in [0, 0.1) is 5.92 Å². The number of rotatable bonds is 10. The topological polar surface area (TPSA) is 48.0 Å². The highest BCUT2D eigenvalue weighted by Crippen LogP contribution is 2.27. The number of nitrogens with zero attached hydrogens (tertiary/aromatic N) is 1. The van der Waals surface area contributed by atoms with Gasteiger partial charge in [0.2, 0.25) is 0 Å². The highest BCUT2D eigenvalue weighted by atomic mass is 28.4. The van der Waals surface area contributed by atoms with Crippen molar-refractivity contribution < 1.29 is 18.1 Å². The summed E-state index contributed by atoms with van der Waals surface area (Å²) in [5, 5.41) is 0. The van der Waals surface area contributed by atoms with Crippen LogP contribution in [0.3, 0.4) is 0 Å². The van der Waals surface area contributed by atoms with Gasteiger partial charge < -0.3 is 13.3 Å². The smallest absolute Gasteiger partial charge is 0.373 e. The van der Waals surface area contributed by atoms with Crippen LogP contribution in [-0.4, -0.2) is 58.1 Å². The van der Waals surface area contributed by atoms with Gasteiger partial charge in [-0.15, -0.1) is 0 Å². The molecule has 2 atom stereocenters. The SMILES string of the molecule is CCO[Si](OCC)(OCC)C(CC)N1CCCC(C(C)=O)C1. The number of carbonyl (C=O) groups excluding carboxylic acids is 1. The first kappa shape index (κ1) is 19.8. The predicted molar refractivity (Wildman–Crippen MR) is 89.7 cm³/mol. The summed E-state index contributed by atoms with van der Waals surface area (Å²) in [6, 6.07) is 0. The van der Waals surface area contributed by atoms with Gasteiger partial charge in [-0.1, -0.05) is 6.92 Å². The third kappa shape index (κ3) is 4.86. The molecule has 0 radical (unpaired) electrons. The summed E-state index contributed by atoms with van der Waals surface area (Å²) in [5.41, 5.74) is 0.134. The number of carbonyl (C=O) groups is 1. The number of Topliss-reactive ketones (excluding diaryl/α,β-unsaturated/α-hetero) is 1. The third-order valence-corrected chi connectivity index (χ3v) is 7.96. The maximum absolute atomic E-state index is 11.8. The zero-order chi connectivity index (χ0) is 16.6. The Labute approximate surface area is 136 Å². The Balaban J connectivity index is 2.98. The Bertz CT molecular complexity index is 323. The Kier molecular flexibility index (Phi) is 8.78. The molecule has 1 fully saturated rings. The van der Waals surface area contributed by atoms with E-state index < -0.39 is 8.80 Å².